The Morgan fingerprint density at radius 3 is 2.35 bits per heavy atom. The second kappa shape index (κ2) is 5.26. The minimum Gasteiger partial charge on any atom is -0.508 e. The summed E-state index contributed by atoms with van der Waals surface area (Å²) < 4.78 is 51.9. The van der Waals surface area contributed by atoms with Gasteiger partial charge in [-0.25, -0.2) is 17.2 Å². The smallest absolute Gasteiger partial charge is 0.262 e. The number of hydrogen-bond acceptors (Lipinski definition) is 3. The van der Waals surface area contributed by atoms with Crippen LogP contribution in [0.2, 0.25) is 5.02 Å². The number of benzene rings is 2. The van der Waals surface area contributed by atoms with Crippen LogP contribution in [0.1, 0.15) is 0 Å². The van der Waals surface area contributed by atoms with Crippen molar-refractivity contribution in [2.45, 2.75) is 4.90 Å². The van der Waals surface area contributed by atoms with Gasteiger partial charge in [0, 0.05) is 6.07 Å². The largest absolute Gasteiger partial charge is 0.508 e. The maximum Gasteiger partial charge on any atom is 0.262 e. The highest BCUT2D eigenvalue weighted by molar-refractivity contribution is 7.92. The fourth-order valence-corrected chi connectivity index (χ4v) is 2.80. The SMILES string of the molecule is O=S(=O)(Nc1ccc(O)cc1Cl)c1ccc(F)c(F)c1. The Bertz CT molecular complexity index is 765. The van der Waals surface area contributed by atoms with Crippen LogP contribution in [-0.4, -0.2) is 13.5 Å². The fraction of sp³-hybridized carbons (Fsp3) is 0. The molecular formula is C12H8ClF2NO3S. The Hall–Kier alpha value is -1.86. The van der Waals surface area contributed by atoms with E-state index in [1.807, 2.05) is 0 Å². The van der Waals surface area contributed by atoms with Gasteiger partial charge in [-0.15, -0.1) is 0 Å². The lowest BCUT2D eigenvalue weighted by Crippen LogP contribution is -2.13. The van der Waals surface area contributed by atoms with Crippen LogP contribution in [0.3, 0.4) is 0 Å². The highest BCUT2D eigenvalue weighted by Crippen LogP contribution is 2.28. The number of sulfonamides is 1. The molecule has 0 aliphatic heterocycles. The number of phenolic OH excluding ortho intramolecular Hbond substituents is 1. The van der Waals surface area contributed by atoms with E-state index in [-0.39, 0.29) is 16.5 Å². The van der Waals surface area contributed by atoms with Gasteiger partial charge < -0.3 is 5.11 Å². The standard InChI is InChI=1S/C12H8ClF2NO3S/c13-9-5-7(17)1-4-12(9)16-20(18,19)8-2-3-10(14)11(15)6-8/h1-6,16-17H. The zero-order valence-corrected chi connectivity index (χ0v) is 11.3. The lowest BCUT2D eigenvalue weighted by molar-refractivity contribution is 0.475. The first kappa shape index (κ1) is 14.5. The lowest BCUT2D eigenvalue weighted by Gasteiger charge is -2.10. The van der Waals surface area contributed by atoms with Crippen LogP contribution in [0, 0.1) is 11.6 Å². The van der Waals surface area contributed by atoms with Gasteiger partial charge in [0.05, 0.1) is 15.6 Å². The summed E-state index contributed by atoms with van der Waals surface area (Å²) in [4.78, 5) is -0.444. The zero-order chi connectivity index (χ0) is 14.9. The van der Waals surface area contributed by atoms with Crippen molar-refractivity contribution < 1.29 is 22.3 Å². The summed E-state index contributed by atoms with van der Waals surface area (Å²) in [6.45, 7) is 0. The molecule has 0 aliphatic rings. The molecule has 0 saturated heterocycles. The van der Waals surface area contributed by atoms with Crippen LogP contribution >= 0.6 is 11.6 Å². The van der Waals surface area contributed by atoms with E-state index in [0.29, 0.717) is 12.1 Å². The molecule has 0 aliphatic carbocycles. The van der Waals surface area contributed by atoms with Gasteiger partial charge in [-0.3, -0.25) is 4.72 Å². The molecule has 8 heteroatoms. The number of halogens is 3. The van der Waals surface area contributed by atoms with Gasteiger partial charge in [0.15, 0.2) is 11.6 Å². The average Bonchev–Trinajstić information content (AvgIpc) is 2.36. The molecule has 0 fully saturated rings. The second-order valence-electron chi connectivity index (χ2n) is 3.85. The maximum absolute atomic E-state index is 13.1. The first-order chi connectivity index (χ1) is 9.29. The van der Waals surface area contributed by atoms with E-state index in [2.05, 4.69) is 4.72 Å². The van der Waals surface area contributed by atoms with Crippen LogP contribution in [-0.2, 0) is 10.0 Å². The minimum atomic E-state index is -4.11. The summed E-state index contributed by atoms with van der Waals surface area (Å²) in [5, 5.41) is 9.14. The summed E-state index contributed by atoms with van der Waals surface area (Å²) in [6.07, 6.45) is 0. The molecule has 0 unspecified atom stereocenters. The van der Waals surface area contributed by atoms with Gasteiger partial charge in [0.2, 0.25) is 0 Å². The van der Waals surface area contributed by atoms with E-state index in [4.69, 9.17) is 16.7 Å². The van der Waals surface area contributed by atoms with Crippen LogP contribution in [0.5, 0.6) is 5.75 Å². The summed E-state index contributed by atoms with van der Waals surface area (Å²) in [5.74, 6) is -2.55. The van der Waals surface area contributed by atoms with Crippen molar-refractivity contribution in [1.82, 2.24) is 0 Å². The molecule has 2 aromatic carbocycles. The van der Waals surface area contributed by atoms with Crippen LogP contribution in [0.15, 0.2) is 41.3 Å². The molecule has 4 nitrogen and oxygen atoms in total. The monoisotopic (exact) mass is 319 g/mol. The zero-order valence-electron chi connectivity index (χ0n) is 9.77. The summed E-state index contributed by atoms with van der Waals surface area (Å²) in [7, 11) is -4.11. The Labute approximate surface area is 118 Å². The molecule has 0 amide bonds. The highest BCUT2D eigenvalue weighted by Gasteiger charge is 2.18. The molecule has 20 heavy (non-hydrogen) atoms. The number of anilines is 1. The highest BCUT2D eigenvalue weighted by atomic mass is 35.5. The molecular weight excluding hydrogens is 312 g/mol. The van der Waals surface area contributed by atoms with Gasteiger partial charge in [-0.1, -0.05) is 11.6 Å². The lowest BCUT2D eigenvalue weighted by atomic mass is 10.3. The van der Waals surface area contributed by atoms with Gasteiger partial charge in [0.25, 0.3) is 10.0 Å². The summed E-state index contributed by atoms with van der Waals surface area (Å²) >= 11 is 5.76. The van der Waals surface area contributed by atoms with E-state index in [0.717, 1.165) is 12.1 Å². The van der Waals surface area contributed by atoms with Crippen molar-refractivity contribution >= 4 is 27.3 Å². The maximum atomic E-state index is 13.1. The Kier molecular flexibility index (Phi) is 3.82. The van der Waals surface area contributed by atoms with Crippen molar-refractivity contribution in [1.29, 1.82) is 0 Å². The van der Waals surface area contributed by atoms with E-state index in [1.54, 1.807) is 0 Å². The Morgan fingerprint density at radius 2 is 1.75 bits per heavy atom. The molecule has 2 rings (SSSR count). The molecule has 0 bridgehead atoms. The Balaban J connectivity index is 2.38. The van der Waals surface area contributed by atoms with Crippen molar-refractivity contribution in [3.63, 3.8) is 0 Å². The summed E-state index contributed by atoms with van der Waals surface area (Å²) in [5.41, 5.74) is 0.00852. The molecule has 0 atom stereocenters. The number of rotatable bonds is 3. The number of aromatic hydroxyl groups is 1. The first-order valence-electron chi connectivity index (χ1n) is 5.26. The van der Waals surface area contributed by atoms with Crippen molar-refractivity contribution in [3.05, 3.63) is 53.1 Å². The van der Waals surface area contributed by atoms with E-state index in [9.17, 15) is 17.2 Å². The van der Waals surface area contributed by atoms with Crippen LogP contribution in [0.25, 0.3) is 0 Å². The molecule has 0 spiro atoms. The van der Waals surface area contributed by atoms with Crippen LogP contribution < -0.4 is 4.72 Å². The van der Waals surface area contributed by atoms with Crippen molar-refractivity contribution in [3.8, 4) is 5.75 Å². The molecule has 2 N–H and O–H groups in total. The van der Waals surface area contributed by atoms with Gasteiger partial charge in [0.1, 0.15) is 5.75 Å². The number of phenols is 1. The average molecular weight is 320 g/mol. The number of hydrogen-bond donors (Lipinski definition) is 2. The molecule has 0 aromatic heterocycles. The minimum absolute atomic E-state index is 0.00852. The molecule has 0 heterocycles. The van der Waals surface area contributed by atoms with E-state index >= 15 is 0 Å². The van der Waals surface area contributed by atoms with Crippen LogP contribution in [0.4, 0.5) is 14.5 Å². The number of nitrogens with one attached hydrogen (secondary N) is 1. The third kappa shape index (κ3) is 3.00. The normalized spacial score (nSPS) is 11.3. The topological polar surface area (TPSA) is 66.4 Å². The van der Waals surface area contributed by atoms with Crippen molar-refractivity contribution in [2.75, 3.05) is 4.72 Å². The van der Waals surface area contributed by atoms with E-state index < -0.39 is 26.6 Å². The van der Waals surface area contributed by atoms with Gasteiger partial charge in [-0.05, 0) is 30.3 Å². The summed E-state index contributed by atoms with van der Waals surface area (Å²) in [6, 6.07) is 5.82. The predicted molar refractivity (Wildman–Crippen MR) is 70.3 cm³/mol. The second-order valence-corrected chi connectivity index (χ2v) is 5.94. The van der Waals surface area contributed by atoms with Gasteiger partial charge >= 0.3 is 0 Å². The Morgan fingerprint density at radius 1 is 1.05 bits per heavy atom. The molecule has 0 radical (unpaired) electrons. The molecule has 2 aromatic rings. The predicted octanol–water partition coefficient (Wildman–Crippen LogP) is 3.12. The third-order valence-corrected chi connectivity index (χ3v) is 4.07. The quantitative estimate of drug-likeness (QED) is 0.854. The third-order valence-electron chi connectivity index (χ3n) is 2.40. The van der Waals surface area contributed by atoms with E-state index in [1.165, 1.54) is 12.1 Å². The van der Waals surface area contributed by atoms with Crippen molar-refractivity contribution in [2.24, 2.45) is 0 Å². The molecule has 106 valence electrons. The first-order valence-corrected chi connectivity index (χ1v) is 7.12. The molecule has 0 saturated carbocycles. The van der Waals surface area contributed by atoms with Gasteiger partial charge in [-0.2, -0.15) is 0 Å². The fourth-order valence-electron chi connectivity index (χ4n) is 1.43.